The molecule has 1 aromatic carbocycles. The lowest BCUT2D eigenvalue weighted by atomic mass is 10.1. The van der Waals surface area contributed by atoms with Crippen molar-refractivity contribution in [2.45, 2.75) is 12.8 Å². The molecule has 5 heteroatoms. The number of aromatic nitrogens is 3. The molecule has 0 bridgehead atoms. The molecule has 0 saturated carbocycles. The van der Waals surface area contributed by atoms with Crippen LogP contribution in [-0.2, 0) is 0 Å². The number of nitrogens with zero attached hydrogens (tertiary/aromatic N) is 4. The van der Waals surface area contributed by atoms with Crippen molar-refractivity contribution in [3.63, 3.8) is 0 Å². The summed E-state index contributed by atoms with van der Waals surface area (Å²) in [5, 5.41) is 9.85. The van der Waals surface area contributed by atoms with Gasteiger partial charge in [0.15, 0.2) is 5.82 Å². The van der Waals surface area contributed by atoms with Crippen molar-refractivity contribution in [3.05, 3.63) is 42.5 Å². The van der Waals surface area contributed by atoms with Gasteiger partial charge in [0.2, 0.25) is 5.88 Å². The van der Waals surface area contributed by atoms with Crippen LogP contribution in [0.2, 0.25) is 0 Å². The van der Waals surface area contributed by atoms with E-state index in [9.17, 15) is 0 Å². The van der Waals surface area contributed by atoms with Gasteiger partial charge in [-0.05, 0) is 37.1 Å². The van der Waals surface area contributed by atoms with E-state index >= 15 is 0 Å². The zero-order chi connectivity index (χ0) is 15.6. The molecule has 3 heterocycles. The number of rotatable bonds is 3. The lowest BCUT2D eigenvalue weighted by Crippen LogP contribution is -2.19. The molecular formula is C18H18N4O. The van der Waals surface area contributed by atoms with Gasteiger partial charge in [0.1, 0.15) is 0 Å². The van der Waals surface area contributed by atoms with Crippen LogP contribution in [0.1, 0.15) is 12.8 Å². The van der Waals surface area contributed by atoms with E-state index in [0.29, 0.717) is 5.88 Å². The molecule has 0 radical (unpaired) electrons. The van der Waals surface area contributed by atoms with E-state index in [-0.39, 0.29) is 0 Å². The zero-order valence-electron chi connectivity index (χ0n) is 13.1. The number of fused-ring (bicyclic) bond motifs is 1. The van der Waals surface area contributed by atoms with Gasteiger partial charge in [0, 0.05) is 18.5 Å². The Morgan fingerprint density at radius 2 is 1.83 bits per heavy atom. The predicted molar refractivity (Wildman–Crippen MR) is 90.8 cm³/mol. The van der Waals surface area contributed by atoms with Crippen molar-refractivity contribution in [1.29, 1.82) is 0 Å². The molecular weight excluding hydrogens is 288 g/mol. The van der Waals surface area contributed by atoms with E-state index in [1.807, 2.05) is 36.4 Å². The van der Waals surface area contributed by atoms with E-state index in [0.717, 1.165) is 41.1 Å². The van der Waals surface area contributed by atoms with Crippen LogP contribution in [0.4, 0.5) is 5.82 Å². The summed E-state index contributed by atoms with van der Waals surface area (Å²) in [6.07, 6.45) is 2.46. The van der Waals surface area contributed by atoms with Gasteiger partial charge in [-0.3, -0.25) is 0 Å². The van der Waals surface area contributed by atoms with E-state index in [1.54, 1.807) is 7.11 Å². The molecule has 0 unspecified atom stereocenters. The fourth-order valence-electron chi connectivity index (χ4n) is 3.02. The number of ether oxygens (including phenoxy) is 1. The highest BCUT2D eigenvalue weighted by molar-refractivity contribution is 5.85. The fraction of sp³-hybridized carbons (Fsp3) is 0.278. The molecule has 23 heavy (non-hydrogen) atoms. The maximum absolute atomic E-state index is 5.45. The third kappa shape index (κ3) is 2.59. The third-order valence-corrected chi connectivity index (χ3v) is 4.24. The molecule has 0 atom stereocenters. The van der Waals surface area contributed by atoms with Gasteiger partial charge in [-0.15, -0.1) is 10.2 Å². The van der Waals surface area contributed by atoms with Crippen LogP contribution in [-0.4, -0.2) is 35.4 Å². The molecule has 1 saturated heterocycles. The van der Waals surface area contributed by atoms with Crippen molar-refractivity contribution >= 4 is 16.7 Å². The monoisotopic (exact) mass is 306 g/mol. The number of hydrogen-bond acceptors (Lipinski definition) is 5. The molecule has 4 rings (SSSR count). The number of hydrogen-bond donors (Lipinski definition) is 0. The minimum atomic E-state index is 0.576. The Hall–Kier alpha value is -2.69. The van der Waals surface area contributed by atoms with Crippen LogP contribution in [0.25, 0.3) is 22.2 Å². The highest BCUT2D eigenvalue weighted by Gasteiger charge is 2.15. The molecule has 0 amide bonds. The number of para-hydroxylation sites is 1. The summed E-state index contributed by atoms with van der Waals surface area (Å²) in [5.74, 6) is 1.52. The minimum Gasteiger partial charge on any atom is -0.480 e. The van der Waals surface area contributed by atoms with Crippen LogP contribution in [0, 0.1) is 0 Å². The smallest absolute Gasteiger partial charge is 0.223 e. The van der Waals surface area contributed by atoms with E-state index in [2.05, 4.69) is 26.1 Å². The van der Waals surface area contributed by atoms with Gasteiger partial charge < -0.3 is 9.64 Å². The van der Waals surface area contributed by atoms with Crippen molar-refractivity contribution in [2.24, 2.45) is 0 Å². The quantitative estimate of drug-likeness (QED) is 0.743. The Bertz CT molecular complexity index is 826. The summed E-state index contributed by atoms with van der Waals surface area (Å²) in [5.41, 5.74) is 2.56. The third-order valence-electron chi connectivity index (χ3n) is 4.24. The molecule has 116 valence electrons. The zero-order valence-corrected chi connectivity index (χ0v) is 13.1. The molecule has 0 spiro atoms. The summed E-state index contributed by atoms with van der Waals surface area (Å²) in [4.78, 5) is 6.84. The first kappa shape index (κ1) is 13.9. The van der Waals surface area contributed by atoms with Crippen molar-refractivity contribution in [1.82, 2.24) is 15.2 Å². The molecule has 2 aromatic heterocycles. The SMILES string of the molecule is COc1nc2ccccc2cc1-c1ccc(N2CCCC2)nn1. The number of methoxy groups -OCH3 is 1. The van der Waals surface area contributed by atoms with E-state index in [1.165, 1.54) is 12.8 Å². The predicted octanol–water partition coefficient (Wildman–Crippen LogP) is 3.30. The average Bonchev–Trinajstić information content (AvgIpc) is 3.15. The van der Waals surface area contributed by atoms with Crippen LogP contribution in [0.3, 0.4) is 0 Å². The van der Waals surface area contributed by atoms with E-state index in [4.69, 9.17) is 4.74 Å². The summed E-state index contributed by atoms with van der Waals surface area (Å²) in [6.45, 7) is 2.13. The Balaban J connectivity index is 1.75. The first-order chi connectivity index (χ1) is 11.3. The summed E-state index contributed by atoms with van der Waals surface area (Å²) in [7, 11) is 1.63. The molecule has 0 aliphatic carbocycles. The minimum absolute atomic E-state index is 0.576. The second-order valence-corrected chi connectivity index (χ2v) is 5.71. The van der Waals surface area contributed by atoms with Crippen LogP contribution in [0.5, 0.6) is 5.88 Å². The van der Waals surface area contributed by atoms with Gasteiger partial charge in [-0.2, -0.15) is 0 Å². The number of anilines is 1. The Labute approximate surface area is 134 Å². The Morgan fingerprint density at radius 1 is 1.00 bits per heavy atom. The second-order valence-electron chi connectivity index (χ2n) is 5.71. The van der Waals surface area contributed by atoms with Crippen molar-refractivity contribution in [2.75, 3.05) is 25.1 Å². The van der Waals surface area contributed by atoms with Crippen molar-refractivity contribution in [3.8, 4) is 17.1 Å². The molecule has 1 fully saturated rings. The molecule has 5 nitrogen and oxygen atoms in total. The van der Waals surface area contributed by atoms with Crippen LogP contribution in [0.15, 0.2) is 42.5 Å². The summed E-state index contributed by atoms with van der Waals surface area (Å²) >= 11 is 0. The van der Waals surface area contributed by atoms with Gasteiger partial charge >= 0.3 is 0 Å². The second kappa shape index (κ2) is 5.83. The fourth-order valence-corrected chi connectivity index (χ4v) is 3.02. The maximum atomic E-state index is 5.45. The van der Waals surface area contributed by atoms with Crippen molar-refractivity contribution < 1.29 is 4.74 Å². The number of pyridine rings is 1. The molecule has 0 N–H and O–H groups in total. The molecule has 1 aliphatic heterocycles. The van der Waals surface area contributed by atoms with Gasteiger partial charge in [-0.1, -0.05) is 18.2 Å². The Morgan fingerprint density at radius 3 is 2.57 bits per heavy atom. The van der Waals surface area contributed by atoms with Gasteiger partial charge in [0.05, 0.1) is 23.9 Å². The summed E-state index contributed by atoms with van der Waals surface area (Å²) < 4.78 is 5.45. The van der Waals surface area contributed by atoms with Crippen LogP contribution < -0.4 is 9.64 Å². The standard InChI is InChI=1S/C18H18N4O/c1-23-18-14(12-13-6-2-3-7-15(13)19-18)16-8-9-17(21-20-16)22-10-4-5-11-22/h2-3,6-9,12H,4-5,10-11H2,1H3. The Kier molecular flexibility index (Phi) is 3.54. The van der Waals surface area contributed by atoms with Gasteiger partial charge in [-0.25, -0.2) is 4.98 Å². The maximum Gasteiger partial charge on any atom is 0.223 e. The highest BCUT2D eigenvalue weighted by atomic mass is 16.5. The molecule has 3 aromatic rings. The number of benzene rings is 1. The van der Waals surface area contributed by atoms with Crippen LogP contribution >= 0.6 is 0 Å². The largest absolute Gasteiger partial charge is 0.480 e. The van der Waals surface area contributed by atoms with E-state index < -0.39 is 0 Å². The van der Waals surface area contributed by atoms with Gasteiger partial charge in [0.25, 0.3) is 0 Å². The highest BCUT2D eigenvalue weighted by Crippen LogP contribution is 2.30. The first-order valence-electron chi connectivity index (χ1n) is 7.88. The molecule has 1 aliphatic rings. The lowest BCUT2D eigenvalue weighted by Gasteiger charge is -2.15. The average molecular weight is 306 g/mol. The summed E-state index contributed by atoms with van der Waals surface area (Å²) in [6, 6.07) is 14.1. The first-order valence-corrected chi connectivity index (χ1v) is 7.88. The topological polar surface area (TPSA) is 51.1 Å². The normalized spacial score (nSPS) is 14.4. The lowest BCUT2D eigenvalue weighted by molar-refractivity contribution is 0.401.